The molecular weight excluding hydrogens is 252 g/mol. The quantitative estimate of drug-likeness (QED) is 0.740. The Morgan fingerprint density at radius 2 is 1.80 bits per heavy atom. The molecule has 0 amide bonds. The van der Waals surface area contributed by atoms with Crippen LogP contribution in [-0.2, 0) is 15.1 Å². The fourth-order valence-electron chi connectivity index (χ4n) is 2.23. The van der Waals surface area contributed by atoms with Crippen molar-refractivity contribution in [3.05, 3.63) is 35.9 Å². The van der Waals surface area contributed by atoms with Gasteiger partial charge in [-0.2, -0.15) is 0 Å². The van der Waals surface area contributed by atoms with Gasteiger partial charge in [-0.3, -0.25) is 0 Å². The highest BCUT2D eigenvalue weighted by Gasteiger charge is 2.37. The molecule has 0 radical (unpaired) electrons. The van der Waals surface area contributed by atoms with Crippen molar-refractivity contribution in [1.82, 2.24) is 4.90 Å². The van der Waals surface area contributed by atoms with Gasteiger partial charge in [-0.25, -0.2) is 4.79 Å². The van der Waals surface area contributed by atoms with Gasteiger partial charge in [0.15, 0.2) is 0 Å². The molecule has 1 aromatic carbocycles. The first-order valence-corrected chi connectivity index (χ1v) is 7.32. The van der Waals surface area contributed by atoms with Crippen molar-refractivity contribution in [2.45, 2.75) is 32.7 Å². The highest BCUT2D eigenvalue weighted by atomic mass is 16.5. The number of hydrogen-bond donors (Lipinski definition) is 1. The summed E-state index contributed by atoms with van der Waals surface area (Å²) >= 11 is 0. The van der Waals surface area contributed by atoms with Crippen LogP contribution in [0.4, 0.5) is 0 Å². The Hall–Kier alpha value is -1.39. The Morgan fingerprint density at radius 3 is 2.30 bits per heavy atom. The molecular formula is C16H26N2O2. The third-order valence-electron chi connectivity index (χ3n) is 3.65. The van der Waals surface area contributed by atoms with E-state index in [2.05, 4.69) is 18.7 Å². The molecule has 0 aliphatic rings. The summed E-state index contributed by atoms with van der Waals surface area (Å²) in [4.78, 5) is 14.5. The van der Waals surface area contributed by atoms with Gasteiger partial charge in [-0.15, -0.1) is 0 Å². The first kappa shape index (κ1) is 16.7. The zero-order valence-corrected chi connectivity index (χ0v) is 12.8. The lowest BCUT2D eigenvalue weighted by molar-refractivity contribution is -0.150. The van der Waals surface area contributed by atoms with Crippen LogP contribution in [0.3, 0.4) is 0 Å². The van der Waals surface area contributed by atoms with Gasteiger partial charge in [0.1, 0.15) is 5.54 Å². The summed E-state index contributed by atoms with van der Waals surface area (Å²) in [5.74, 6) is -0.349. The lowest BCUT2D eigenvalue weighted by Crippen LogP contribution is -2.48. The summed E-state index contributed by atoms with van der Waals surface area (Å²) in [6.45, 7) is 9.03. The molecule has 1 unspecified atom stereocenters. The normalized spacial score (nSPS) is 14.1. The topological polar surface area (TPSA) is 55.6 Å². The van der Waals surface area contributed by atoms with Crippen LogP contribution < -0.4 is 5.73 Å². The molecule has 0 bridgehead atoms. The molecule has 0 saturated heterocycles. The number of nitrogens with zero attached hydrogens (tertiary/aromatic N) is 1. The maximum atomic E-state index is 12.3. The predicted molar refractivity (Wildman–Crippen MR) is 81.3 cm³/mol. The summed E-state index contributed by atoms with van der Waals surface area (Å²) in [7, 11) is 0. The van der Waals surface area contributed by atoms with E-state index < -0.39 is 5.54 Å². The molecule has 0 aliphatic carbocycles. The van der Waals surface area contributed by atoms with E-state index in [-0.39, 0.29) is 5.97 Å². The van der Waals surface area contributed by atoms with Gasteiger partial charge < -0.3 is 15.4 Å². The van der Waals surface area contributed by atoms with Gasteiger partial charge >= 0.3 is 5.97 Å². The second-order valence-electron chi connectivity index (χ2n) is 4.83. The van der Waals surface area contributed by atoms with Crippen molar-refractivity contribution in [2.75, 3.05) is 26.2 Å². The molecule has 0 heterocycles. The molecule has 112 valence electrons. The molecule has 0 saturated carbocycles. The molecule has 20 heavy (non-hydrogen) atoms. The lowest BCUT2D eigenvalue weighted by Gasteiger charge is -2.30. The monoisotopic (exact) mass is 278 g/mol. The second kappa shape index (κ2) is 8.02. The van der Waals surface area contributed by atoms with Gasteiger partial charge in [-0.05, 0) is 32.0 Å². The van der Waals surface area contributed by atoms with Crippen LogP contribution in [0.5, 0.6) is 0 Å². The molecule has 4 nitrogen and oxygen atoms in total. The standard InChI is InChI=1S/C16H26N2O2/c1-4-18(5-2)13-12-16(17,15(19)20-6-3)14-10-8-7-9-11-14/h7-11H,4-6,12-13,17H2,1-3H3. The zero-order valence-electron chi connectivity index (χ0n) is 12.8. The molecule has 4 heteroatoms. The molecule has 2 N–H and O–H groups in total. The van der Waals surface area contributed by atoms with E-state index in [9.17, 15) is 4.79 Å². The molecule has 1 aromatic rings. The second-order valence-corrected chi connectivity index (χ2v) is 4.83. The lowest BCUT2D eigenvalue weighted by atomic mass is 9.87. The summed E-state index contributed by atoms with van der Waals surface area (Å²) in [6, 6.07) is 9.49. The summed E-state index contributed by atoms with van der Waals surface area (Å²) in [5, 5.41) is 0. The Balaban J connectivity index is 2.93. The highest BCUT2D eigenvalue weighted by molar-refractivity contribution is 5.82. The van der Waals surface area contributed by atoms with E-state index in [0.717, 1.165) is 25.2 Å². The van der Waals surface area contributed by atoms with E-state index in [0.29, 0.717) is 13.0 Å². The number of carbonyl (C=O) groups excluding carboxylic acids is 1. The molecule has 0 fully saturated rings. The smallest absolute Gasteiger partial charge is 0.330 e. The largest absolute Gasteiger partial charge is 0.464 e. The summed E-state index contributed by atoms with van der Waals surface area (Å²) in [6.07, 6.45) is 0.553. The Bertz CT molecular complexity index is 404. The van der Waals surface area contributed by atoms with Crippen molar-refractivity contribution in [1.29, 1.82) is 0 Å². The van der Waals surface area contributed by atoms with E-state index in [1.54, 1.807) is 6.92 Å². The molecule has 0 spiro atoms. The molecule has 1 rings (SSSR count). The summed E-state index contributed by atoms with van der Waals surface area (Å²) in [5.41, 5.74) is 6.15. The minimum absolute atomic E-state index is 0.343. The number of benzene rings is 1. The van der Waals surface area contributed by atoms with Crippen molar-refractivity contribution in [2.24, 2.45) is 5.73 Å². The molecule has 1 atom stereocenters. The number of esters is 1. The van der Waals surface area contributed by atoms with Crippen LogP contribution in [0.25, 0.3) is 0 Å². The average molecular weight is 278 g/mol. The Kier molecular flexibility index (Phi) is 6.68. The van der Waals surface area contributed by atoms with Crippen molar-refractivity contribution in [3.8, 4) is 0 Å². The van der Waals surface area contributed by atoms with Gasteiger partial charge in [-0.1, -0.05) is 44.2 Å². The van der Waals surface area contributed by atoms with Crippen LogP contribution in [0.15, 0.2) is 30.3 Å². The van der Waals surface area contributed by atoms with Crippen LogP contribution in [0, 0.1) is 0 Å². The predicted octanol–water partition coefficient (Wildman–Crippen LogP) is 2.14. The first-order valence-electron chi connectivity index (χ1n) is 7.32. The Morgan fingerprint density at radius 1 is 1.20 bits per heavy atom. The number of rotatable bonds is 8. The van der Waals surface area contributed by atoms with Crippen LogP contribution in [0.1, 0.15) is 32.8 Å². The van der Waals surface area contributed by atoms with Gasteiger partial charge in [0.25, 0.3) is 0 Å². The highest BCUT2D eigenvalue weighted by Crippen LogP contribution is 2.24. The Labute approximate surface area is 121 Å². The average Bonchev–Trinajstić information content (AvgIpc) is 2.49. The summed E-state index contributed by atoms with van der Waals surface area (Å²) < 4.78 is 5.18. The van der Waals surface area contributed by atoms with E-state index in [1.807, 2.05) is 30.3 Å². The zero-order chi connectivity index (χ0) is 15.0. The maximum absolute atomic E-state index is 12.3. The third kappa shape index (κ3) is 4.05. The van der Waals surface area contributed by atoms with Crippen LogP contribution in [-0.4, -0.2) is 37.1 Å². The van der Waals surface area contributed by atoms with Gasteiger partial charge in [0.2, 0.25) is 0 Å². The molecule has 0 aromatic heterocycles. The van der Waals surface area contributed by atoms with Crippen molar-refractivity contribution >= 4 is 5.97 Å². The van der Waals surface area contributed by atoms with Gasteiger partial charge in [0, 0.05) is 6.54 Å². The maximum Gasteiger partial charge on any atom is 0.330 e. The number of hydrogen-bond acceptors (Lipinski definition) is 4. The van der Waals surface area contributed by atoms with Crippen molar-refractivity contribution in [3.63, 3.8) is 0 Å². The van der Waals surface area contributed by atoms with E-state index in [1.165, 1.54) is 0 Å². The van der Waals surface area contributed by atoms with Crippen molar-refractivity contribution < 1.29 is 9.53 Å². The number of carbonyl (C=O) groups is 1. The third-order valence-corrected chi connectivity index (χ3v) is 3.65. The first-order chi connectivity index (χ1) is 9.58. The van der Waals surface area contributed by atoms with E-state index in [4.69, 9.17) is 10.5 Å². The van der Waals surface area contributed by atoms with Crippen LogP contribution >= 0.6 is 0 Å². The van der Waals surface area contributed by atoms with Gasteiger partial charge in [0.05, 0.1) is 6.61 Å². The minimum atomic E-state index is -1.07. The number of ether oxygens (including phenoxy) is 1. The number of nitrogens with two attached hydrogens (primary N) is 1. The minimum Gasteiger partial charge on any atom is -0.464 e. The fraction of sp³-hybridized carbons (Fsp3) is 0.562. The van der Waals surface area contributed by atoms with Crippen LogP contribution in [0.2, 0.25) is 0 Å². The fourth-order valence-corrected chi connectivity index (χ4v) is 2.23. The SMILES string of the molecule is CCOC(=O)C(N)(CCN(CC)CC)c1ccccc1. The van der Waals surface area contributed by atoms with E-state index >= 15 is 0 Å². The molecule has 0 aliphatic heterocycles.